The summed E-state index contributed by atoms with van der Waals surface area (Å²) in [7, 11) is -3.67. The second kappa shape index (κ2) is 2.20. The highest BCUT2D eigenvalue weighted by Crippen LogP contribution is 1.60. The summed E-state index contributed by atoms with van der Waals surface area (Å²) in [6.07, 6.45) is 0.715. The number of rotatable bonds is 0. The summed E-state index contributed by atoms with van der Waals surface area (Å²) in [5.74, 6) is 0. The molecule has 0 bridgehead atoms. The van der Waals surface area contributed by atoms with E-state index in [2.05, 4.69) is 0 Å². The molecule has 3 nitrogen and oxygen atoms in total. The molecule has 0 aliphatic heterocycles. The summed E-state index contributed by atoms with van der Waals surface area (Å²) in [5, 5.41) is 0. The molecule has 1 N–H and O–H groups in total. The van der Waals surface area contributed by atoms with Crippen LogP contribution in [0.3, 0.4) is 0 Å². The average molecular weight is 110 g/mol. The lowest BCUT2D eigenvalue weighted by Gasteiger charge is -1.69. The minimum atomic E-state index is -3.67. The molecule has 0 aliphatic rings. The van der Waals surface area contributed by atoms with E-state index in [1.165, 1.54) is 0 Å². The van der Waals surface area contributed by atoms with Gasteiger partial charge in [0.2, 0.25) is 0 Å². The zero-order chi connectivity index (χ0) is 4.50. The third-order valence-corrected chi connectivity index (χ3v) is 0. The Hall–Kier alpha value is -0.0251. The van der Waals surface area contributed by atoms with Crippen LogP contribution in [-0.4, -0.2) is 27.6 Å². The second-order valence-corrected chi connectivity index (χ2v) is 2.20. The number of hydrogen-bond donors (Lipinski definition) is 1. The molecule has 0 heterocycles. The van der Waals surface area contributed by atoms with Gasteiger partial charge in [0.1, 0.15) is 0 Å². The Bertz CT molecular complexity index is 94.0. The van der Waals surface area contributed by atoms with Gasteiger partial charge in [-0.05, 0) is 0 Å². The van der Waals surface area contributed by atoms with Crippen molar-refractivity contribution in [2.24, 2.45) is 0 Å². The van der Waals surface area contributed by atoms with Gasteiger partial charge in [0, 0.05) is 0 Å². The van der Waals surface area contributed by atoms with E-state index in [9.17, 15) is 8.42 Å². The molecular formula is CH7BO3S. The van der Waals surface area contributed by atoms with Gasteiger partial charge in [-0.2, -0.15) is 8.42 Å². The van der Waals surface area contributed by atoms with E-state index in [1.54, 1.807) is 0 Å². The van der Waals surface area contributed by atoms with Crippen LogP contribution in [0, 0.1) is 0 Å². The summed E-state index contributed by atoms with van der Waals surface area (Å²) in [4.78, 5) is 0. The van der Waals surface area contributed by atoms with Gasteiger partial charge in [-0.3, -0.25) is 4.55 Å². The molecule has 0 aromatic carbocycles. The van der Waals surface area contributed by atoms with Crippen LogP contribution < -0.4 is 0 Å². The summed E-state index contributed by atoms with van der Waals surface area (Å²) in [6, 6.07) is 0. The largest absolute Gasteiger partial charge is 0.286 e. The van der Waals surface area contributed by atoms with E-state index in [-0.39, 0.29) is 8.41 Å². The normalized spacial score (nSPS) is 9.67. The minimum absolute atomic E-state index is 0. The standard InChI is InChI=1S/CH4O3S.BH3/c1-5(2,3)4;/h1H3,(H,2,3,4);1H3. The minimum Gasteiger partial charge on any atom is -0.286 e. The molecule has 0 atom stereocenters. The van der Waals surface area contributed by atoms with Crippen molar-refractivity contribution in [1.82, 2.24) is 0 Å². The lowest BCUT2D eigenvalue weighted by Crippen LogP contribution is -1.88. The van der Waals surface area contributed by atoms with Gasteiger partial charge in [0.15, 0.2) is 0 Å². The van der Waals surface area contributed by atoms with Gasteiger partial charge in [-0.15, -0.1) is 0 Å². The first-order valence-electron chi connectivity index (χ1n) is 0.924. The molecule has 0 aromatic heterocycles. The van der Waals surface area contributed by atoms with Crippen LogP contribution in [0.5, 0.6) is 0 Å². The third-order valence-electron chi connectivity index (χ3n) is 0. The SMILES string of the molecule is B.CS(=O)(=O)O. The van der Waals surface area contributed by atoms with Gasteiger partial charge < -0.3 is 0 Å². The van der Waals surface area contributed by atoms with Gasteiger partial charge in [-0.25, -0.2) is 0 Å². The average Bonchev–Trinajstić information content (AvgIpc) is 0.722. The van der Waals surface area contributed by atoms with Crippen LogP contribution >= 0.6 is 0 Å². The first kappa shape index (κ1) is 9.36. The summed E-state index contributed by atoms with van der Waals surface area (Å²) in [6.45, 7) is 0. The summed E-state index contributed by atoms with van der Waals surface area (Å²) < 4.78 is 25.9. The van der Waals surface area contributed by atoms with Crippen molar-refractivity contribution in [3.63, 3.8) is 0 Å². The van der Waals surface area contributed by atoms with Crippen LogP contribution in [0.1, 0.15) is 0 Å². The highest BCUT2D eigenvalue weighted by molar-refractivity contribution is 7.85. The molecule has 0 aliphatic carbocycles. The second-order valence-electron chi connectivity index (χ2n) is 0.733. The quantitative estimate of drug-likeness (QED) is 0.299. The fourth-order valence-corrected chi connectivity index (χ4v) is 0. The predicted octanol–water partition coefficient (Wildman–Crippen LogP) is -1.68. The maximum atomic E-state index is 9.19. The van der Waals surface area contributed by atoms with E-state index >= 15 is 0 Å². The molecule has 0 saturated carbocycles. The van der Waals surface area contributed by atoms with E-state index in [4.69, 9.17) is 4.55 Å². The molecular weight excluding hydrogens is 103 g/mol. The Morgan fingerprint density at radius 1 is 1.50 bits per heavy atom. The van der Waals surface area contributed by atoms with Crippen LogP contribution in [0.15, 0.2) is 0 Å². The molecule has 0 unspecified atom stereocenters. The molecule has 0 radical (unpaired) electrons. The van der Waals surface area contributed by atoms with Gasteiger partial charge >= 0.3 is 0 Å². The molecule has 0 rings (SSSR count). The molecule has 0 amide bonds. The first-order chi connectivity index (χ1) is 2.00. The van der Waals surface area contributed by atoms with Crippen molar-refractivity contribution in [1.29, 1.82) is 0 Å². The van der Waals surface area contributed by atoms with E-state index in [0.29, 0.717) is 6.26 Å². The Balaban J connectivity index is 0. The van der Waals surface area contributed by atoms with Crippen LogP contribution in [-0.2, 0) is 10.1 Å². The lowest BCUT2D eigenvalue weighted by atomic mass is 10.8. The predicted molar refractivity (Wildman–Crippen MR) is 27.4 cm³/mol. The lowest BCUT2D eigenvalue weighted by molar-refractivity contribution is 0.490. The monoisotopic (exact) mass is 110 g/mol. The van der Waals surface area contributed by atoms with Crippen molar-refractivity contribution in [3.05, 3.63) is 0 Å². The summed E-state index contributed by atoms with van der Waals surface area (Å²) in [5.41, 5.74) is 0. The number of hydrogen-bond acceptors (Lipinski definition) is 2. The maximum Gasteiger partial charge on any atom is 0.261 e. The van der Waals surface area contributed by atoms with E-state index < -0.39 is 10.1 Å². The fraction of sp³-hybridized carbons (Fsp3) is 1.00. The molecule has 6 heavy (non-hydrogen) atoms. The smallest absolute Gasteiger partial charge is 0.261 e. The van der Waals surface area contributed by atoms with Crippen molar-refractivity contribution < 1.29 is 13.0 Å². The van der Waals surface area contributed by atoms with Gasteiger partial charge in [-0.1, -0.05) is 0 Å². The molecule has 0 aromatic rings. The molecule has 38 valence electrons. The first-order valence-corrected chi connectivity index (χ1v) is 2.77. The van der Waals surface area contributed by atoms with Crippen molar-refractivity contribution in [2.45, 2.75) is 0 Å². The van der Waals surface area contributed by atoms with E-state index in [1.807, 2.05) is 0 Å². The Morgan fingerprint density at radius 2 is 1.50 bits per heavy atom. The van der Waals surface area contributed by atoms with Gasteiger partial charge in [0.25, 0.3) is 10.1 Å². The van der Waals surface area contributed by atoms with Crippen molar-refractivity contribution in [3.8, 4) is 0 Å². The van der Waals surface area contributed by atoms with E-state index in [0.717, 1.165) is 0 Å². The van der Waals surface area contributed by atoms with Crippen LogP contribution in [0.4, 0.5) is 0 Å². The fourth-order valence-electron chi connectivity index (χ4n) is 0. The molecule has 5 heteroatoms. The highest BCUT2D eigenvalue weighted by Gasteiger charge is 1.81. The van der Waals surface area contributed by atoms with Crippen molar-refractivity contribution in [2.75, 3.05) is 6.26 Å². The van der Waals surface area contributed by atoms with Crippen molar-refractivity contribution >= 4 is 18.5 Å². The highest BCUT2D eigenvalue weighted by atomic mass is 32.2. The van der Waals surface area contributed by atoms with Crippen LogP contribution in [0.2, 0.25) is 0 Å². The topological polar surface area (TPSA) is 54.4 Å². The summed E-state index contributed by atoms with van der Waals surface area (Å²) >= 11 is 0. The van der Waals surface area contributed by atoms with Crippen LogP contribution in [0.25, 0.3) is 0 Å². The van der Waals surface area contributed by atoms with Gasteiger partial charge in [0.05, 0.1) is 14.7 Å². The molecule has 0 saturated heterocycles. The third kappa shape index (κ3) is 56000. The Labute approximate surface area is 38.7 Å². The maximum absolute atomic E-state index is 9.19. The zero-order valence-electron chi connectivity index (χ0n) is 2.67. The Kier molecular flexibility index (Phi) is 3.43. The molecule has 0 fully saturated rings. The zero-order valence-corrected chi connectivity index (χ0v) is 3.49. The molecule has 0 spiro atoms. The Morgan fingerprint density at radius 3 is 1.50 bits per heavy atom.